The predicted octanol–water partition coefficient (Wildman–Crippen LogP) is 3.27. The van der Waals surface area contributed by atoms with Gasteiger partial charge in [0.25, 0.3) is 0 Å². The molecule has 0 saturated heterocycles. The summed E-state index contributed by atoms with van der Waals surface area (Å²) >= 11 is 0. The van der Waals surface area contributed by atoms with E-state index < -0.39 is 0 Å². The fourth-order valence-electron chi connectivity index (χ4n) is 1.57. The molecular weight excluding hydrogens is 186 g/mol. The Morgan fingerprint density at radius 3 is 2.80 bits per heavy atom. The van der Waals surface area contributed by atoms with Crippen LogP contribution in [0, 0.1) is 0 Å². The minimum Gasteiger partial charge on any atom is -0.361 e. The maximum atomic E-state index is 11.5. The average molecular weight is 199 g/mol. The Bertz CT molecular complexity index is 457. The first kappa shape index (κ1) is 9.71. The smallest absolute Gasteiger partial charge is 0.162 e. The second kappa shape index (κ2) is 4.13. The van der Waals surface area contributed by atoms with Gasteiger partial charge in [-0.25, -0.2) is 0 Å². The number of carbonyl (C=O) groups excluding carboxylic acids is 1. The van der Waals surface area contributed by atoms with Crippen LogP contribution in [0.2, 0.25) is 0 Å². The minimum absolute atomic E-state index is 0.184. The molecule has 2 rings (SSSR count). The number of H-pyrrole nitrogens is 1. The Labute approximate surface area is 89.0 Å². The zero-order valence-electron chi connectivity index (χ0n) is 8.66. The van der Waals surface area contributed by atoms with E-state index in [1.54, 1.807) is 0 Å². The van der Waals surface area contributed by atoms with Crippen LogP contribution in [0.4, 0.5) is 0 Å². The highest BCUT2D eigenvalue weighted by Crippen LogP contribution is 2.18. The van der Waals surface area contributed by atoms with Crippen LogP contribution in [0.3, 0.4) is 0 Å². The molecule has 0 radical (unpaired) electrons. The number of benzene rings is 1. The van der Waals surface area contributed by atoms with Gasteiger partial charge in [-0.15, -0.1) is 0 Å². The molecule has 0 atom stereocenters. The fraction of sp³-hybridized carbons (Fsp3) is 0.154. The van der Waals surface area contributed by atoms with Gasteiger partial charge in [0.05, 0.1) is 0 Å². The van der Waals surface area contributed by atoms with Crippen molar-refractivity contribution >= 4 is 5.78 Å². The van der Waals surface area contributed by atoms with Gasteiger partial charge in [0.1, 0.15) is 0 Å². The van der Waals surface area contributed by atoms with Gasteiger partial charge in [0, 0.05) is 23.9 Å². The van der Waals surface area contributed by atoms with Gasteiger partial charge in [-0.05, 0) is 23.8 Å². The number of Topliss-reactive ketones (excluding diaryl/α,β-unsaturated/α-hetero) is 1. The Morgan fingerprint density at radius 2 is 2.13 bits per heavy atom. The van der Waals surface area contributed by atoms with Gasteiger partial charge in [0.15, 0.2) is 5.78 Å². The lowest BCUT2D eigenvalue weighted by atomic mass is 10.0. The summed E-state index contributed by atoms with van der Waals surface area (Å²) in [5.74, 6) is 0.184. The van der Waals surface area contributed by atoms with E-state index in [1.165, 1.54) is 0 Å². The molecule has 0 aliphatic carbocycles. The summed E-state index contributed by atoms with van der Waals surface area (Å²) in [6.45, 7) is 1.88. The molecule has 1 heterocycles. The molecule has 15 heavy (non-hydrogen) atoms. The molecule has 2 nitrogen and oxygen atoms in total. The molecule has 1 aromatic carbocycles. The summed E-state index contributed by atoms with van der Waals surface area (Å²) in [5.41, 5.74) is 2.88. The molecule has 1 N–H and O–H groups in total. The highest BCUT2D eigenvalue weighted by atomic mass is 16.1. The van der Waals surface area contributed by atoms with Crippen molar-refractivity contribution in [1.29, 1.82) is 0 Å². The van der Waals surface area contributed by atoms with E-state index in [-0.39, 0.29) is 5.78 Å². The van der Waals surface area contributed by atoms with Crippen molar-refractivity contribution in [3.63, 3.8) is 0 Å². The Morgan fingerprint density at radius 1 is 1.27 bits per heavy atom. The van der Waals surface area contributed by atoms with Crippen molar-refractivity contribution in [2.75, 3.05) is 0 Å². The summed E-state index contributed by atoms with van der Waals surface area (Å²) in [7, 11) is 0. The molecule has 76 valence electrons. The molecule has 0 amide bonds. The zero-order chi connectivity index (χ0) is 10.7. The van der Waals surface area contributed by atoms with Gasteiger partial charge in [-0.2, -0.15) is 0 Å². The molecule has 0 unspecified atom stereocenters. The Balaban J connectivity index is 2.39. The number of rotatable bonds is 3. The topological polar surface area (TPSA) is 32.9 Å². The van der Waals surface area contributed by atoms with E-state index in [0.717, 1.165) is 16.8 Å². The van der Waals surface area contributed by atoms with Crippen LogP contribution in [-0.4, -0.2) is 10.8 Å². The van der Waals surface area contributed by atoms with Crippen molar-refractivity contribution in [2.24, 2.45) is 0 Å². The lowest BCUT2D eigenvalue weighted by Crippen LogP contribution is -1.96. The number of hydrogen-bond acceptors (Lipinski definition) is 1. The van der Waals surface area contributed by atoms with Crippen molar-refractivity contribution in [3.05, 3.63) is 48.2 Å². The second-order valence-corrected chi connectivity index (χ2v) is 3.44. The van der Waals surface area contributed by atoms with E-state index in [4.69, 9.17) is 0 Å². The quantitative estimate of drug-likeness (QED) is 0.756. The fourth-order valence-corrected chi connectivity index (χ4v) is 1.57. The molecule has 2 aromatic rings. The monoisotopic (exact) mass is 199 g/mol. The maximum absolute atomic E-state index is 11.5. The van der Waals surface area contributed by atoms with Crippen molar-refractivity contribution in [3.8, 4) is 11.3 Å². The van der Waals surface area contributed by atoms with E-state index in [9.17, 15) is 4.79 Å². The standard InChI is InChI=1S/C13H13NO/c1-2-13(15)11-6-3-5-10(9-11)12-7-4-8-14-12/h3-9,14H,2H2,1H3. The predicted molar refractivity (Wildman–Crippen MR) is 60.9 cm³/mol. The summed E-state index contributed by atoms with van der Waals surface area (Å²) in [6, 6.07) is 11.6. The highest BCUT2D eigenvalue weighted by Gasteiger charge is 2.04. The molecule has 2 heteroatoms. The number of aromatic amines is 1. The van der Waals surface area contributed by atoms with Crippen LogP contribution >= 0.6 is 0 Å². The summed E-state index contributed by atoms with van der Waals surface area (Å²) in [4.78, 5) is 14.7. The molecule has 0 bridgehead atoms. The van der Waals surface area contributed by atoms with E-state index >= 15 is 0 Å². The molecule has 0 aliphatic rings. The van der Waals surface area contributed by atoms with Gasteiger partial charge in [0.2, 0.25) is 0 Å². The molecule has 0 spiro atoms. The number of nitrogens with one attached hydrogen (secondary N) is 1. The van der Waals surface area contributed by atoms with Crippen molar-refractivity contribution in [1.82, 2.24) is 4.98 Å². The normalized spacial score (nSPS) is 10.2. The lowest BCUT2D eigenvalue weighted by Gasteiger charge is -2.01. The number of hydrogen-bond donors (Lipinski definition) is 1. The van der Waals surface area contributed by atoms with Crippen LogP contribution in [0.25, 0.3) is 11.3 Å². The zero-order valence-corrected chi connectivity index (χ0v) is 8.66. The average Bonchev–Trinajstić information content (AvgIpc) is 2.82. The van der Waals surface area contributed by atoms with Gasteiger partial charge >= 0.3 is 0 Å². The summed E-state index contributed by atoms with van der Waals surface area (Å²) < 4.78 is 0. The molecule has 0 saturated carbocycles. The molecule has 0 fully saturated rings. The molecular formula is C13H13NO. The minimum atomic E-state index is 0.184. The van der Waals surface area contributed by atoms with Crippen molar-refractivity contribution in [2.45, 2.75) is 13.3 Å². The second-order valence-electron chi connectivity index (χ2n) is 3.44. The van der Waals surface area contributed by atoms with Gasteiger partial charge < -0.3 is 4.98 Å². The summed E-state index contributed by atoms with van der Waals surface area (Å²) in [6.07, 6.45) is 2.43. The SMILES string of the molecule is CCC(=O)c1cccc(-c2ccc[nH]2)c1. The van der Waals surface area contributed by atoms with Crippen LogP contribution in [0.1, 0.15) is 23.7 Å². The van der Waals surface area contributed by atoms with E-state index in [0.29, 0.717) is 6.42 Å². The third-order valence-corrected chi connectivity index (χ3v) is 2.41. The Hall–Kier alpha value is -1.83. The first-order valence-electron chi connectivity index (χ1n) is 5.08. The third kappa shape index (κ3) is 1.99. The van der Waals surface area contributed by atoms with Gasteiger partial charge in [-0.3, -0.25) is 4.79 Å². The lowest BCUT2D eigenvalue weighted by molar-refractivity contribution is 0.0988. The largest absolute Gasteiger partial charge is 0.361 e. The van der Waals surface area contributed by atoms with Crippen LogP contribution in [0.15, 0.2) is 42.6 Å². The maximum Gasteiger partial charge on any atom is 0.162 e. The number of aromatic nitrogens is 1. The highest BCUT2D eigenvalue weighted by molar-refractivity contribution is 5.96. The summed E-state index contributed by atoms with van der Waals surface area (Å²) in [5, 5.41) is 0. The van der Waals surface area contributed by atoms with Gasteiger partial charge in [-0.1, -0.05) is 25.1 Å². The van der Waals surface area contributed by atoms with E-state index in [1.807, 2.05) is 49.5 Å². The first-order chi connectivity index (χ1) is 7.31. The van der Waals surface area contributed by atoms with Crippen LogP contribution < -0.4 is 0 Å². The number of carbonyl (C=O) groups is 1. The first-order valence-corrected chi connectivity index (χ1v) is 5.08. The number of ketones is 1. The van der Waals surface area contributed by atoms with Crippen LogP contribution in [-0.2, 0) is 0 Å². The van der Waals surface area contributed by atoms with E-state index in [2.05, 4.69) is 4.98 Å². The Kier molecular flexibility index (Phi) is 2.68. The third-order valence-electron chi connectivity index (χ3n) is 2.41. The molecule has 1 aromatic heterocycles. The van der Waals surface area contributed by atoms with Crippen LogP contribution in [0.5, 0.6) is 0 Å². The van der Waals surface area contributed by atoms with Crippen molar-refractivity contribution < 1.29 is 4.79 Å². The molecule has 0 aliphatic heterocycles.